The van der Waals surface area contributed by atoms with Crippen LogP contribution >= 0.6 is 7.26 Å². The van der Waals surface area contributed by atoms with Gasteiger partial charge in [-0.15, -0.1) is 0 Å². The number of hydrogen-bond donors (Lipinski definition) is 0. The highest BCUT2D eigenvalue weighted by molar-refractivity contribution is 7.75. The van der Waals surface area contributed by atoms with E-state index in [-0.39, 0.29) is 24.0 Å². The number of rotatable bonds is 8. The SMILES string of the molecule is CC(C)C[P+](CC(C)C)(CC(C)C)CC(C)C.[I-]. The van der Waals surface area contributed by atoms with Crippen molar-refractivity contribution < 1.29 is 24.0 Å². The molecule has 0 aromatic heterocycles. The maximum Gasteiger partial charge on any atom is 0.0617 e. The zero-order chi connectivity index (χ0) is 13.6. The third kappa shape index (κ3) is 10.0. The lowest BCUT2D eigenvalue weighted by molar-refractivity contribution is -0.00000479. The quantitative estimate of drug-likeness (QED) is 0.445. The molecule has 0 rings (SSSR count). The van der Waals surface area contributed by atoms with Gasteiger partial charge in [0.15, 0.2) is 0 Å². The Bertz CT molecular complexity index is 152. The summed E-state index contributed by atoms with van der Waals surface area (Å²) in [7, 11) is -0.721. The predicted molar refractivity (Wildman–Crippen MR) is 85.7 cm³/mol. The molecule has 0 unspecified atom stereocenters. The lowest BCUT2D eigenvalue weighted by atomic mass is 10.2. The second-order valence-electron chi connectivity index (χ2n) is 7.65. The zero-order valence-electron chi connectivity index (χ0n) is 14.0. The van der Waals surface area contributed by atoms with Crippen LogP contribution in [0.15, 0.2) is 0 Å². The molecule has 0 bridgehead atoms. The van der Waals surface area contributed by atoms with E-state index in [1.165, 1.54) is 24.6 Å². The summed E-state index contributed by atoms with van der Waals surface area (Å²) in [5.41, 5.74) is 0. The van der Waals surface area contributed by atoms with Gasteiger partial charge in [-0.3, -0.25) is 0 Å². The van der Waals surface area contributed by atoms with E-state index in [0.29, 0.717) is 0 Å². The van der Waals surface area contributed by atoms with Gasteiger partial charge in [-0.1, -0.05) is 55.4 Å². The molecular formula is C16H36IP. The first-order chi connectivity index (χ1) is 7.67. The molecule has 0 saturated carbocycles. The molecule has 0 saturated heterocycles. The fourth-order valence-electron chi connectivity index (χ4n) is 3.55. The van der Waals surface area contributed by atoms with Crippen molar-refractivity contribution in [2.45, 2.75) is 55.4 Å². The minimum Gasteiger partial charge on any atom is -1.00 e. The highest BCUT2D eigenvalue weighted by Crippen LogP contribution is 2.63. The molecular weight excluding hydrogens is 350 g/mol. The fourth-order valence-corrected chi connectivity index (χ4v) is 10.6. The Kier molecular flexibility index (Phi) is 11.9. The summed E-state index contributed by atoms with van der Waals surface area (Å²) in [5, 5.41) is 0. The molecule has 0 aromatic carbocycles. The first kappa shape index (κ1) is 21.5. The van der Waals surface area contributed by atoms with Crippen LogP contribution in [0.4, 0.5) is 0 Å². The molecule has 0 aliphatic carbocycles. The summed E-state index contributed by atoms with van der Waals surface area (Å²) in [5.74, 6) is 3.50. The van der Waals surface area contributed by atoms with Crippen molar-refractivity contribution in [1.82, 2.24) is 0 Å². The van der Waals surface area contributed by atoms with Crippen molar-refractivity contribution in [3.8, 4) is 0 Å². The summed E-state index contributed by atoms with van der Waals surface area (Å²) >= 11 is 0. The minimum absolute atomic E-state index is 0. The van der Waals surface area contributed by atoms with Crippen LogP contribution in [-0.2, 0) is 0 Å². The summed E-state index contributed by atoms with van der Waals surface area (Å²) in [4.78, 5) is 0. The van der Waals surface area contributed by atoms with Crippen molar-refractivity contribution in [3.63, 3.8) is 0 Å². The van der Waals surface area contributed by atoms with Crippen LogP contribution in [0.2, 0.25) is 0 Å². The predicted octanol–water partition coefficient (Wildman–Crippen LogP) is 2.63. The summed E-state index contributed by atoms with van der Waals surface area (Å²) in [6.45, 7) is 19.3. The van der Waals surface area contributed by atoms with Crippen LogP contribution in [0.25, 0.3) is 0 Å². The molecule has 0 heterocycles. The largest absolute Gasteiger partial charge is 1.00 e. The Labute approximate surface area is 134 Å². The lowest BCUT2D eigenvalue weighted by Crippen LogP contribution is -3.00. The Hall–Kier alpha value is 1.16. The van der Waals surface area contributed by atoms with E-state index in [4.69, 9.17) is 0 Å². The van der Waals surface area contributed by atoms with E-state index in [1.807, 2.05) is 0 Å². The minimum atomic E-state index is -0.721. The van der Waals surface area contributed by atoms with Crippen LogP contribution in [0, 0.1) is 23.7 Å². The summed E-state index contributed by atoms with van der Waals surface area (Å²) in [6, 6.07) is 0. The Morgan fingerprint density at radius 2 is 0.667 bits per heavy atom. The van der Waals surface area contributed by atoms with Gasteiger partial charge in [0.25, 0.3) is 0 Å². The van der Waals surface area contributed by atoms with Gasteiger partial charge in [0.2, 0.25) is 0 Å². The monoisotopic (exact) mass is 386 g/mol. The standard InChI is InChI=1S/C16H36P.HI/c1-13(2)9-17(10-14(3)4,11-15(5)6)12-16(7)8;/h13-16H,9-12H2,1-8H3;1H/q+1;/p-1. The van der Waals surface area contributed by atoms with Gasteiger partial charge in [0, 0.05) is 7.26 Å². The van der Waals surface area contributed by atoms with Gasteiger partial charge >= 0.3 is 0 Å². The third-order valence-corrected chi connectivity index (χ3v) is 9.03. The smallest absolute Gasteiger partial charge is 0.0617 e. The van der Waals surface area contributed by atoms with E-state index in [0.717, 1.165) is 23.7 Å². The zero-order valence-corrected chi connectivity index (χ0v) is 17.0. The maximum absolute atomic E-state index is 2.41. The number of hydrogen-bond acceptors (Lipinski definition) is 0. The van der Waals surface area contributed by atoms with Crippen LogP contribution in [0.1, 0.15) is 55.4 Å². The molecule has 2 heteroatoms. The average molecular weight is 386 g/mol. The van der Waals surface area contributed by atoms with Crippen LogP contribution in [0.3, 0.4) is 0 Å². The van der Waals surface area contributed by atoms with Crippen molar-refractivity contribution in [2.24, 2.45) is 23.7 Å². The van der Waals surface area contributed by atoms with E-state index in [9.17, 15) is 0 Å². The second kappa shape index (κ2) is 9.97. The van der Waals surface area contributed by atoms with Gasteiger partial charge in [0.1, 0.15) is 0 Å². The second-order valence-corrected chi connectivity index (χ2v) is 11.8. The average Bonchev–Trinajstić information content (AvgIpc) is 1.95. The van der Waals surface area contributed by atoms with Gasteiger partial charge in [-0.25, -0.2) is 0 Å². The Balaban J connectivity index is 0. The van der Waals surface area contributed by atoms with E-state index >= 15 is 0 Å². The van der Waals surface area contributed by atoms with Crippen molar-refractivity contribution in [2.75, 3.05) is 24.6 Å². The molecule has 0 aromatic rings. The molecule has 0 aliphatic heterocycles. The molecule has 0 radical (unpaired) electrons. The Morgan fingerprint density at radius 3 is 0.778 bits per heavy atom. The van der Waals surface area contributed by atoms with Crippen molar-refractivity contribution in [3.05, 3.63) is 0 Å². The lowest BCUT2D eigenvalue weighted by Gasteiger charge is -2.33. The van der Waals surface area contributed by atoms with Gasteiger partial charge < -0.3 is 24.0 Å². The third-order valence-electron chi connectivity index (χ3n) is 3.01. The number of halogens is 1. The van der Waals surface area contributed by atoms with Gasteiger partial charge in [-0.05, 0) is 23.7 Å². The molecule has 0 amide bonds. The molecule has 0 N–H and O–H groups in total. The highest BCUT2D eigenvalue weighted by Gasteiger charge is 2.39. The van der Waals surface area contributed by atoms with Crippen molar-refractivity contribution >= 4 is 7.26 Å². The normalized spacial score (nSPS) is 12.7. The van der Waals surface area contributed by atoms with Crippen LogP contribution in [0.5, 0.6) is 0 Å². The fraction of sp³-hybridized carbons (Fsp3) is 1.00. The Morgan fingerprint density at radius 1 is 0.500 bits per heavy atom. The van der Waals surface area contributed by atoms with E-state index < -0.39 is 7.26 Å². The summed E-state index contributed by atoms with van der Waals surface area (Å²) in [6.07, 6.45) is 6.06. The van der Waals surface area contributed by atoms with Gasteiger partial charge in [-0.2, -0.15) is 0 Å². The van der Waals surface area contributed by atoms with E-state index in [1.54, 1.807) is 0 Å². The molecule has 0 spiro atoms. The first-order valence-electron chi connectivity index (χ1n) is 7.52. The summed E-state index contributed by atoms with van der Waals surface area (Å²) < 4.78 is 0. The highest BCUT2D eigenvalue weighted by atomic mass is 127. The molecule has 0 aliphatic rings. The molecule has 0 nitrogen and oxygen atoms in total. The van der Waals surface area contributed by atoms with Crippen LogP contribution in [-0.4, -0.2) is 24.6 Å². The molecule has 112 valence electrons. The maximum atomic E-state index is 2.41. The molecule has 0 atom stereocenters. The molecule has 18 heavy (non-hydrogen) atoms. The van der Waals surface area contributed by atoms with Crippen LogP contribution < -0.4 is 24.0 Å². The topological polar surface area (TPSA) is 0 Å². The van der Waals surface area contributed by atoms with Gasteiger partial charge in [0.05, 0.1) is 24.6 Å². The molecule has 0 fully saturated rings. The first-order valence-corrected chi connectivity index (χ1v) is 10.0. The van der Waals surface area contributed by atoms with Crippen molar-refractivity contribution in [1.29, 1.82) is 0 Å². The van der Waals surface area contributed by atoms with E-state index in [2.05, 4.69) is 55.4 Å².